The monoisotopic (exact) mass is 408 g/mol. The number of rotatable bonds is 4. The Morgan fingerprint density at radius 1 is 1.13 bits per heavy atom. The molecule has 0 unspecified atom stereocenters. The van der Waals surface area contributed by atoms with Gasteiger partial charge in [-0.2, -0.15) is 10.1 Å². The van der Waals surface area contributed by atoms with Crippen molar-refractivity contribution in [3.63, 3.8) is 0 Å². The molecule has 10 nitrogen and oxygen atoms in total. The van der Waals surface area contributed by atoms with Crippen LogP contribution in [0, 0.1) is 19.7 Å². The van der Waals surface area contributed by atoms with E-state index in [0.717, 1.165) is 5.69 Å². The van der Waals surface area contributed by atoms with Gasteiger partial charge < -0.3 is 0 Å². The summed E-state index contributed by atoms with van der Waals surface area (Å²) in [7, 11) is 0. The van der Waals surface area contributed by atoms with Gasteiger partial charge in [-0.3, -0.25) is 25.0 Å². The standard InChI is InChI=1S/C19H17FN8O2/c1-11-15(12(2)28-19(24-11)22-9-23-28)7-17(29)25-26-18(30)16-8-21-10-27(16)14-5-3-13(20)4-6-14/h3-6,8-10H,7H2,1-2H3,(H,25,29)(H,26,30). The molecule has 3 heterocycles. The number of benzene rings is 1. The van der Waals surface area contributed by atoms with Crippen LogP contribution >= 0.6 is 0 Å². The lowest BCUT2D eigenvalue weighted by atomic mass is 10.1. The van der Waals surface area contributed by atoms with Crippen LogP contribution in [0.25, 0.3) is 11.5 Å². The van der Waals surface area contributed by atoms with Crippen molar-refractivity contribution in [3.8, 4) is 5.69 Å². The number of hydrogen-bond donors (Lipinski definition) is 2. The topological polar surface area (TPSA) is 119 Å². The van der Waals surface area contributed by atoms with Crippen LogP contribution in [0.3, 0.4) is 0 Å². The molecule has 0 radical (unpaired) electrons. The van der Waals surface area contributed by atoms with E-state index < -0.39 is 11.8 Å². The first-order valence-electron chi connectivity index (χ1n) is 8.97. The second-order valence-electron chi connectivity index (χ2n) is 6.54. The SMILES string of the molecule is Cc1nc2ncnn2c(C)c1CC(=O)NNC(=O)c1cncn1-c1ccc(F)cc1. The molecule has 0 spiro atoms. The van der Waals surface area contributed by atoms with Gasteiger partial charge in [-0.15, -0.1) is 0 Å². The number of halogens is 1. The summed E-state index contributed by atoms with van der Waals surface area (Å²) in [5.74, 6) is -0.926. The molecule has 0 atom stereocenters. The minimum atomic E-state index is -0.566. The molecule has 11 heteroatoms. The van der Waals surface area contributed by atoms with Crippen LogP contribution in [0.4, 0.5) is 4.39 Å². The molecule has 1 aromatic carbocycles. The van der Waals surface area contributed by atoms with Crippen molar-refractivity contribution in [1.82, 2.24) is 40.0 Å². The molecule has 0 aliphatic heterocycles. The fourth-order valence-electron chi connectivity index (χ4n) is 3.08. The fourth-order valence-corrected chi connectivity index (χ4v) is 3.08. The predicted octanol–water partition coefficient (Wildman–Crippen LogP) is 1.07. The van der Waals surface area contributed by atoms with Crippen LogP contribution < -0.4 is 10.9 Å². The number of imidazole rings is 1. The van der Waals surface area contributed by atoms with Crippen LogP contribution in [0.15, 0.2) is 43.1 Å². The quantitative estimate of drug-likeness (QED) is 0.488. The Labute approximate surface area is 169 Å². The Morgan fingerprint density at radius 3 is 2.67 bits per heavy atom. The molecule has 30 heavy (non-hydrogen) atoms. The van der Waals surface area contributed by atoms with Crippen molar-refractivity contribution in [3.05, 3.63) is 71.6 Å². The number of aryl methyl sites for hydroxylation is 2. The van der Waals surface area contributed by atoms with Gasteiger partial charge in [-0.05, 0) is 38.1 Å². The largest absolute Gasteiger partial charge is 0.295 e. The zero-order valence-corrected chi connectivity index (χ0v) is 16.1. The highest BCUT2D eigenvalue weighted by Crippen LogP contribution is 2.14. The highest BCUT2D eigenvalue weighted by molar-refractivity contribution is 5.94. The lowest BCUT2D eigenvalue weighted by Gasteiger charge is -2.12. The van der Waals surface area contributed by atoms with Crippen LogP contribution in [0.2, 0.25) is 0 Å². The summed E-state index contributed by atoms with van der Waals surface area (Å²) in [4.78, 5) is 37.2. The Hall–Kier alpha value is -4.15. The van der Waals surface area contributed by atoms with E-state index in [1.807, 2.05) is 6.92 Å². The van der Waals surface area contributed by atoms with Crippen LogP contribution in [0.5, 0.6) is 0 Å². The number of carbonyl (C=O) groups is 2. The first kappa shape index (κ1) is 19.2. The van der Waals surface area contributed by atoms with E-state index in [1.165, 1.54) is 47.7 Å². The number of nitrogens with zero attached hydrogens (tertiary/aromatic N) is 6. The lowest BCUT2D eigenvalue weighted by molar-refractivity contribution is -0.121. The molecule has 0 bridgehead atoms. The molecule has 0 aliphatic rings. The second-order valence-corrected chi connectivity index (χ2v) is 6.54. The lowest BCUT2D eigenvalue weighted by Crippen LogP contribution is -2.43. The van der Waals surface area contributed by atoms with Crippen molar-refractivity contribution < 1.29 is 14.0 Å². The zero-order chi connectivity index (χ0) is 21.3. The normalized spacial score (nSPS) is 10.9. The van der Waals surface area contributed by atoms with E-state index in [0.29, 0.717) is 22.7 Å². The predicted molar refractivity (Wildman–Crippen MR) is 103 cm³/mol. The molecule has 2 amide bonds. The Kier molecular flexibility index (Phi) is 4.92. The van der Waals surface area contributed by atoms with Gasteiger partial charge in [-0.1, -0.05) is 0 Å². The summed E-state index contributed by atoms with van der Waals surface area (Å²) in [6, 6.07) is 5.60. The van der Waals surface area contributed by atoms with Crippen LogP contribution in [0.1, 0.15) is 27.4 Å². The maximum Gasteiger partial charge on any atom is 0.288 e. The third kappa shape index (κ3) is 3.60. The molecular weight excluding hydrogens is 391 g/mol. The van der Waals surface area contributed by atoms with Crippen LogP contribution in [-0.2, 0) is 11.2 Å². The van der Waals surface area contributed by atoms with E-state index >= 15 is 0 Å². The molecule has 0 saturated carbocycles. The van der Waals surface area contributed by atoms with E-state index in [4.69, 9.17) is 0 Å². The summed E-state index contributed by atoms with van der Waals surface area (Å²) in [6.45, 7) is 3.60. The number of aromatic nitrogens is 6. The minimum absolute atomic E-state index is 0.00201. The zero-order valence-electron chi connectivity index (χ0n) is 16.1. The molecule has 4 aromatic rings. The average Bonchev–Trinajstić information content (AvgIpc) is 3.39. The van der Waals surface area contributed by atoms with Crippen molar-refractivity contribution in [2.24, 2.45) is 0 Å². The Morgan fingerprint density at radius 2 is 1.90 bits per heavy atom. The van der Waals surface area contributed by atoms with Crippen LogP contribution in [-0.4, -0.2) is 40.9 Å². The first-order chi connectivity index (χ1) is 14.4. The van der Waals surface area contributed by atoms with Crippen molar-refractivity contribution in [1.29, 1.82) is 0 Å². The molecule has 0 fully saturated rings. The van der Waals surface area contributed by atoms with E-state index in [2.05, 4.69) is 30.9 Å². The van der Waals surface area contributed by atoms with Gasteiger partial charge in [0.05, 0.1) is 18.9 Å². The van der Waals surface area contributed by atoms with E-state index in [-0.39, 0.29) is 17.9 Å². The maximum absolute atomic E-state index is 13.1. The van der Waals surface area contributed by atoms with Gasteiger partial charge in [-0.25, -0.2) is 18.9 Å². The molecule has 152 valence electrons. The number of amides is 2. The van der Waals surface area contributed by atoms with Crippen molar-refractivity contribution >= 4 is 17.6 Å². The third-order valence-electron chi connectivity index (χ3n) is 4.62. The highest BCUT2D eigenvalue weighted by atomic mass is 19.1. The smallest absolute Gasteiger partial charge is 0.288 e. The highest BCUT2D eigenvalue weighted by Gasteiger charge is 2.17. The average molecular weight is 408 g/mol. The van der Waals surface area contributed by atoms with Gasteiger partial charge in [0.2, 0.25) is 5.91 Å². The van der Waals surface area contributed by atoms with Gasteiger partial charge in [0.15, 0.2) is 0 Å². The molecule has 4 rings (SSSR count). The van der Waals surface area contributed by atoms with Crippen molar-refractivity contribution in [2.45, 2.75) is 20.3 Å². The molecule has 0 saturated heterocycles. The molecule has 0 aliphatic carbocycles. The number of fused-ring (bicyclic) bond motifs is 1. The second kappa shape index (κ2) is 7.70. The maximum atomic E-state index is 13.1. The van der Waals surface area contributed by atoms with Gasteiger partial charge >= 0.3 is 0 Å². The molecule has 2 N–H and O–H groups in total. The summed E-state index contributed by atoms with van der Waals surface area (Å²) >= 11 is 0. The summed E-state index contributed by atoms with van der Waals surface area (Å²) in [5, 5.41) is 4.09. The number of nitrogens with one attached hydrogen (secondary N) is 2. The first-order valence-corrected chi connectivity index (χ1v) is 8.97. The van der Waals surface area contributed by atoms with Crippen molar-refractivity contribution in [2.75, 3.05) is 0 Å². The summed E-state index contributed by atoms with van der Waals surface area (Å²) in [6.07, 6.45) is 4.17. The third-order valence-corrected chi connectivity index (χ3v) is 4.62. The van der Waals surface area contributed by atoms with Gasteiger partial charge in [0, 0.05) is 22.6 Å². The molecule has 3 aromatic heterocycles. The van der Waals surface area contributed by atoms with Gasteiger partial charge in [0.25, 0.3) is 11.7 Å². The summed E-state index contributed by atoms with van der Waals surface area (Å²) in [5.41, 5.74) is 7.59. The number of carbonyl (C=O) groups excluding carboxylic acids is 2. The van der Waals surface area contributed by atoms with Gasteiger partial charge in [0.1, 0.15) is 17.8 Å². The summed E-state index contributed by atoms with van der Waals surface area (Å²) < 4.78 is 16.2. The molecular formula is C19H17FN8O2. The fraction of sp³-hybridized carbons (Fsp3) is 0.158. The van der Waals surface area contributed by atoms with E-state index in [1.54, 1.807) is 11.4 Å². The number of hydrogen-bond acceptors (Lipinski definition) is 6. The van der Waals surface area contributed by atoms with E-state index in [9.17, 15) is 14.0 Å². The Bertz CT molecular complexity index is 1250. The number of hydrazine groups is 1. The minimum Gasteiger partial charge on any atom is -0.295 e. The Balaban J connectivity index is 1.45.